The SMILES string of the molecule is O=C(CCCCCN1C(=O)c2ccccc2C1=O)Nc1cccc(F)c1. The topological polar surface area (TPSA) is 66.5 Å². The molecule has 3 rings (SSSR count). The molecule has 0 spiro atoms. The molecule has 134 valence electrons. The number of hydrogen-bond acceptors (Lipinski definition) is 3. The van der Waals surface area contributed by atoms with Crippen LogP contribution in [0.1, 0.15) is 46.4 Å². The Labute approximate surface area is 150 Å². The van der Waals surface area contributed by atoms with Gasteiger partial charge in [-0.1, -0.05) is 24.6 Å². The van der Waals surface area contributed by atoms with Crippen molar-refractivity contribution < 1.29 is 18.8 Å². The molecule has 1 heterocycles. The zero-order valence-electron chi connectivity index (χ0n) is 14.2. The second kappa shape index (κ2) is 7.91. The van der Waals surface area contributed by atoms with E-state index in [0.29, 0.717) is 49.0 Å². The summed E-state index contributed by atoms with van der Waals surface area (Å²) in [6.07, 6.45) is 2.28. The number of halogens is 1. The van der Waals surface area contributed by atoms with E-state index in [0.717, 1.165) is 0 Å². The predicted molar refractivity (Wildman–Crippen MR) is 95.3 cm³/mol. The number of rotatable bonds is 7. The van der Waals surface area contributed by atoms with Gasteiger partial charge in [-0.3, -0.25) is 19.3 Å². The zero-order chi connectivity index (χ0) is 18.5. The summed E-state index contributed by atoms with van der Waals surface area (Å²) in [5.41, 5.74) is 1.33. The molecule has 1 N–H and O–H groups in total. The lowest BCUT2D eigenvalue weighted by molar-refractivity contribution is -0.116. The van der Waals surface area contributed by atoms with E-state index in [1.54, 1.807) is 30.3 Å². The molecule has 26 heavy (non-hydrogen) atoms. The maximum Gasteiger partial charge on any atom is 0.261 e. The lowest BCUT2D eigenvalue weighted by atomic mass is 10.1. The quantitative estimate of drug-likeness (QED) is 0.610. The lowest BCUT2D eigenvalue weighted by Crippen LogP contribution is -2.30. The van der Waals surface area contributed by atoms with Gasteiger partial charge in [-0.25, -0.2) is 4.39 Å². The van der Waals surface area contributed by atoms with Crippen molar-refractivity contribution >= 4 is 23.4 Å². The van der Waals surface area contributed by atoms with Crippen LogP contribution < -0.4 is 5.32 Å². The largest absolute Gasteiger partial charge is 0.326 e. The van der Waals surface area contributed by atoms with Crippen LogP contribution in [0.15, 0.2) is 48.5 Å². The van der Waals surface area contributed by atoms with Crippen molar-refractivity contribution in [2.75, 3.05) is 11.9 Å². The molecule has 3 amide bonds. The molecule has 0 radical (unpaired) electrons. The Balaban J connectivity index is 1.39. The molecular formula is C20H19FN2O3. The van der Waals surface area contributed by atoms with Crippen molar-refractivity contribution in [3.8, 4) is 0 Å². The van der Waals surface area contributed by atoms with Gasteiger partial charge in [0.15, 0.2) is 0 Å². The Morgan fingerprint density at radius 2 is 1.62 bits per heavy atom. The van der Waals surface area contributed by atoms with E-state index in [-0.39, 0.29) is 17.7 Å². The van der Waals surface area contributed by atoms with Crippen LogP contribution in [0.25, 0.3) is 0 Å². The first-order chi connectivity index (χ1) is 12.6. The molecule has 0 atom stereocenters. The van der Waals surface area contributed by atoms with Crippen molar-refractivity contribution in [3.63, 3.8) is 0 Å². The van der Waals surface area contributed by atoms with E-state index in [1.807, 2.05) is 0 Å². The van der Waals surface area contributed by atoms with Crippen molar-refractivity contribution in [2.24, 2.45) is 0 Å². The Bertz CT molecular complexity index is 815. The van der Waals surface area contributed by atoms with Crippen molar-refractivity contribution in [3.05, 3.63) is 65.5 Å². The van der Waals surface area contributed by atoms with E-state index in [2.05, 4.69) is 5.32 Å². The van der Waals surface area contributed by atoms with Crippen LogP contribution in [0.5, 0.6) is 0 Å². The number of imide groups is 1. The maximum atomic E-state index is 13.1. The van der Waals surface area contributed by atoms with E-state index in [1.165, 1.54) is 23.1 Å². The number of unbranched alkanes of at least 4 members (excludes halogenated alkanes) is 2. The third kappa shape index (κ3) is 3.96. The van der Waals surface area contributed by atoms with Crippen molar-refractivity contribution in [1.82, 2.24) is 4.90 Å². The number of nitrogens with zero attached hydrogens (tertiary/aromatic N) is 1. The fraction of sp³-hybridized carbons (Fsp3) is 0.250. The van der Waals surface area contributed by atoms with Gasteiger partial charge in [-0.2, -0.15) is 0 Å². The first-order valence-electron chi connectivity index (χ1n) is 8.57. The van der Waals surface area contributed by atoms with Gasteiger partial charge in [0.1, 0.15) is 5.82 Å². The fourth-order valence-electron chi connectivity index (χ4n) is 2.96. The Kier molecular flexibility index (Phi) is 5.41. The Hall–Kier alpha value is -3.02. The van der Waals surface area contributed by atoms with Crippen molar-refractivity contribution in [2.45, 2.75) is 25.7 Å². The predicted octanol–water partition coefficient (Wildman–Crippen LogP) is 3.62. The molecular weight excluding hydrogens is 335 g/mol. The van der Waals surface area contributed by atoms with Crippen LogP contribution in [0.2, 0.25) is 0 Å². The summed E-state index contributed by atoms with van der Waals surface area (Å²) >= 11 is 0. The minimum Gasteiger partial charge on any atom is -0.326 e. The summed E-state index contributed by atoms with van der Waals surface area (Å²) < 4.78 is 13.1. The van der Waals surface area contributed by atoms with E-state index >= 15 is 0 Å². The van der Waals surface area contributed by atoms with Gasteiger partial charge in [0.05, 0.1) is 11.1 Å². The highest BCUT2D eigenvalue weighted by Crippen LogP contribution is 2.22. The molecule has 0 aromatic heterocycles. The number of amides is 3. The lowest BCUT2D eigenvalue weighted by Gasteiger charge is -2.13. The van der Waals surface area contributed by atoms with Crippen LogP contribution in [-0.2, 0) is 4.79 Å². The number of nitrogens with one attached hydrogen (secondary N) is 1. The molecule has 0 aliphatic carbocycles. The highest BCUT2D eigenvalue weighted by molar-refractivity contribution is 6.21. The minimum absolute atomic E-state index is 0.184. The van der Waals surface area contributed by atoms with Crippen LogP contribution in [0.3, 0.4) is 0 Å². The molecule has 0 bridgehead atoms. The zero-order valence-corrected chi connectivity index (χ0v) is 14.2. The van der Waals surface area contributed by atoms with E-state index in [9.17, 15) is 18.8 Å². The molecule has 0 saturated heterocycles. The average molecular weight is 354 g/mol. The second-order valence-electron chi connectivity index (χ2n) is 6.18. The minimum atomic E-state index is -0.399. The van der Waals surface area contributed by atoms with Gasteiger partial charge in [-0.05, 0) is 43.2 Å². The smallest absolute Gasteiger partial charge is 0.261 e. The van der Waals surface area contributed by atoms with E-state index < -0.39 is 5.82 Å². The summed E-state index contributed by atoms with van der Waals surface area (Å²) in [6, 6.07) is 12.5. The van der Waals surface area contributed by atoms with Gasteiger partial charge in [-0.15, -0.1) is 0 Å². The molecule has 0 unspecified atom stereocenters. The standard InChI is InChI=1S/C20H19FN2O3/c21-14-7-6-8-15(13-14)22-18(24)11-2-1-5-12-23-19(25)16-9-3-4-10-17(16)20(23)26/h3-4,6-10,13H,1-2,5,11-12H2,(H,22,24). The van der Waals surface area contributed by atoms with Gasteiger partial charge in [0.2, 0.25) is 5.91 Å². The molecule has 1 aliphatic heterocycles. The summed E-state index contributed by atoms with van der Waals surface area (Å²) in [4.78, 5) is 37.5. The highest BCUT2D eigenvalue weighted by atomic mass is 19.1. The van der Waals surface area contributed by atoms with E-state index in [4.69, 9.17) is 0 Å². The highest BCUT2D eigenvalue weighted by Gasteiger charge is 2.34. The number of hydrogen-bond donors (Lipinski definition) is 1. The van der Waals surface area contributed by atoms with Gasteiger partial charge < -0.3 is 5.32 Å². The van der Waals surface area contributed by atoms with Crippen LogP contribution >= 0.6 is 0 Å². The first-order valence-corrected chi connectivity index (χ1v) is 8.57. The Morgan fingerprint density at radius 3 is 2.27 bits per heavy atom. The monoisotopic (exact) mass is 354 g/mol. The third-order valence-corrected chi connectivity index (χ3v) is 4.27. The van der Waals surface area contributed by atoms with Gasteiger partial charge in [0.25, 0.3) is 11.8 Å². The molecule has 6 heteroatoms. The van der Waals surface area contributed by atoms with Gasteiger partial charge >= 0.3 is 0 Å². The number of fused-ring (bicyclic) bond motifs is 1. The number of carbonyl (C=O) groups is 3. The molecule has 0 fully saturated rings. The van der Waals surface area contributed by atoms with Gasteiger partial charge in [0, 0.05) is 18.7 Å². The fourth-order valence-corrected chi connectivity index (χ4v) is 2.96. The summed E-state index contributed by atoms with van der Waals surface area (Å²) in [6.45, 7) is 0.345. The van der Waals surface area contributed by atoms with Crippen LogP contribution in [0, 0.1) is 5.82 Å². The molecule has 2 aromatic rings. The maximum absolute atomic E-state index is 13.1. The second-order valence-corrected chi connectivity index (χ2v) is 6.18. The average Bonchev–Trinajstić information content (AvgIpc) is 2.86. The molecule has 5 nitrogen and oxygen atoms in total. The molecule has 2 aromatic carbocycles. The Morgan fingerprint density at radius 1 is 0.923 bits per heavy atom. The molecule has 1 aliphatic rings. The molecule has 0 saturated carbocycles. The first kappa shape index (κ1) is 17.8. The van der Waals surface area contributed by atoms with Crippen LogP contribution in [0.4, 0.5) is 10.1 Å². The normalized spacial score (nSPS) is 13.0. The summed E-state index contributed by atoms with van der Waals surface area (Å²) in [5.74, 6) is -1.09. The number of benzene rings is 2. The number of anilines is 1. The third-order valence-electron chi connectivity index (χ3n) is 4.27. The van der Waals surface area contributed by atoms with Crippen molar-refractivity contribution in [1.29, 1.82) is 0 Å². The van der Waals surface area contributed by atoms with Crippen LogP contribution in [-0.4, -0.2) is 29.2 Å². The number of carbonyl (C=O) groups excluding carboxylic acids is 3. The summed E-state index contributed by atoms with van der Waals surface area (Å²) in [5, 5.41) is 2.64. The summed E-state index contributed by atoms with van der Waals surface area (Å²) in [7, 11) is 0.